The molecule has 0 spiro atoms. The summed E-state index contributed by atoms with van der Waals surface area (Å²) in [4.78, 5) is 28.2. The van der Waals surface area contributed by atoms with Gasteiger partial charge in [0, 0.05) is 11.8 Å². The van der Waals surface area contributed by atoms with Crippen LogP contribution in [0, 0.1) is 0 Å². The van der Waals surface area contributed by atoms with Crippen molar-refractivity contribution in [1.82, 2.24) is 10.3 Å². The molecule has 3 rings (SSSR count). The predicted molar refractivity (Wildman–Crippen MR) is 95.7 cm³/mol. The number of anilines is 1. The monoisotopic (exact) mass is 375 g/mol. The highest BCUT2D eigenvalue weighted by Crippen LogP contribution is 2.28. The molecular weight excluding hydrogens is 362 g/mol. The summed E-state index contributed by atoms with van der Waals surface area (Å²) >= 11 is 1.12. The van der Waals surface area contributed by atoms with Crippen molar-refractivity contribution in [2.24, 2.45) is 0 Å². The lowest BCUT2D eigenvalue weighted by Gasteiger charge is -2.03. The van der Waals surface area contributed by atoms with Crippen LogP contribution in [0.3, 0.4) is 0 Å². The zero-order chi connectivity index (χ0) is 18.0. The number of carbonyl (C=O) groups excluding carboxylic acids is 2. The summed E-state index contributed by atoms with van der Waals surface area (Å²) in [7, 11) is -3.32. The van der Waals surface area contributed by atoms with E-state index in [4.69, 9.17) is 0 Å². The fraction of sp³-hybridized carbons (Fsp3) is 0.0625. The van der Waals surface area contributed by atoms with E-state index in [0.717, 1.165) is 17.6 Å². The first-order chi connectivity index (χ1) is 11.8. The van der Waals surface area contributed by atoms with Gasteiger partial charge in [0.05, 0.1) is 15.1 Å². The van der Waals surface area contributed by atoms with Crippen molar-refractivity contribution in [1.29, 1.82) is 0 Å². The Bertz CT molecular complexity index is 1060. The number of benzene rings is 2. The van der Waals surface area contributed by atoms with Crippen molar-refractivity contribution in [3.05, 3.63) is 54.1 Å². The summed E-state index contributed by atoms with van der Waals surface area (Å²) in [5.74, 6) is -0.529. The highest BCUT2D eigenvalue weighted by Gasteiger charge is 2.14. The number of amides is 3. The average molecular weight is 375 g/mol. The second-order valence-corrected chi connectivity index (χ2v) is 8.24. The molecule has 1 heterocycles. The first-order valence-electron chi connectivity index (χ1n) is 7.11. The zero-order valence-electron chi connectivity index (χ0n) is 13.0. The van der Waals surface area contributed by atoms with Crippen molar-refractivity contribution in [3.63, 3.8) is 0 Å². The van der Waals surface area contributed by atoms with Crippen molar-refractivity contribution >= 4 is 48.5 Å². The minimum Gasteiger partial charge on any atom is -0.283 e. The molecule has 0 radical (unpaired) electrons. The molecule has 2 aromatic carbocycles. The van der Waals surface area contributed by atoms with E-state index in [1.54, 1.807) is 36.4 Å². The SMILES string of the molecule is CS(=O)(=O)c1ccc2nc(NC(=O)NC(=O)c3ccccc3)sc2c1. The Morgan fingerprint density at radius 1 is 1.08 bits per heavy atom. The predicted octanol–water partition coefficient (Wildman–Crippen LogP) is 2.66. The van der Waals surface area contributed by atoms with Gasteiger partial charge in [-0.25, -0.2) is 18.2 Å². The first kappa shape index (κ1) is 17.1. The van der Waals surface area contributed by atoms with Crippen LogP contribution in [-0.2, 0) is 9.84 Å². The topological polar surface area (TPSA) is 105 Å². The first-order valence-corrected chi connectivity index (χ1v) is 9.82. The Hall–Kier alpha value is -2.78. The van der Waals surface area contributed by atoms with Crippen LogP contribution in [0.15, 0.2) is 53.4 Å². The molecule has 0 aliphatic heterocycles. The fourth-order valence-corrected chi connectivity index (χ4v) is 3.70. The molecular formula is C16H13N3O4S2. The number of rotatable bonds is 3. The van der Waals surface area contributed by atoms with Gasteiger partial charge in [-0.15, -0.1) is 0 Å². The highest BCUT2D eigenvalue weighted by atomic mass is 32.2. The maximum atomic E-state index is 11.9. The van der Waals surface area contributed by atoms with Crippen LogP contribution in [0.5, 0.6) is 0 Å². The van der Waals surface area contributed by atoms with Crippen LogP contribution in [-0.4, -0.2) is 31.6 Å². The Kier molecular flexibility index (Phi) is 4.51. The Morgan fingerprint density at radius 3 is 2.48 bits per heavy atom. The molecule has 0 saturated carbocycles. The standard InChI is InChI=1S/C16H13N3O4S2/c1-25(22,23)11-7-8-12-13(9-11)24-16(17-12)19-15(21)18-14(20)10-5-3-2-4-6-10/h2-9H,1H3,(H2,17,18,19,20,21). The quantitative estimate of drug-likeness (QED) is 0.732. The number of hydrogen-bond acceptors (Lipinski definition) is 6. The van der Waals surface area contributed by atoms with E-state index in [2.05, 4.69) is 15.6 Å². The molecule has 0 saturated heterocycles. The second-order valence-electron chi connectivity index (χ2n) is 5.19. The number of carbonyl (C=O) groups is 2. The molecule has 3 amide bonds. The summed E-state index contributed by atoms with van der Waals surface area (Å²) < 4.78 is 23.8. The maximum Gasteiger partial charge on any atom is 0.327 e. The van der Waals surface area contributed by atoms with Crippen molar-refractivity contribution in [2.75, 3.05) is 11.6 Å². The molecule has 3 aromatic rings. The number of hydrogen-bond donors (Lipinski definition) is 2. The summed E-state index contributed by atoms with van der Waals surface area (Å²) in [6.45, 7) is 0. The lowest BCUT2D eigenvalue weighted by atomic mass is 10.2. The van der Waals surface area contributed by atoms with Crippen molar-refractivity contribution < 1.29 is 18.0 Å². The lowest BCUT2D eigenvalue weighted by molar-refractivity contribution is 0.0967. The number of aromatic nitrogens is 1. The van der Waals surface area contributed by atoms with E-state index >= 15 is 0 Å². The number of nitrogens with one attached hydrogen (secondary N) is 2. The van der Waals surface area contributed by atoms with Gasteiger partial charge in [0.1, 0.15) is 0 Å². The van der Waals surface area contributed by atoms with Gasteiger partial charge in [-0.05, 0) is 30.3 Å². The smallest absolute Gasteiger partial charge is 0.283 e. The van der Waals surface area contributed by atoms with Gasteiger partial charge in [-0.3, -0.25) is 15.4 Å². The van der Waals surface area contributed by atoms with Gasteiger partial charge in [-0.1, -0.05) is 29.5 Å². The summed E-state index contributed by atoms with van der Waals surface area (Å²) in [6, 6.07) is 12.2. The molecule has 0 aliphatic carbocycles. The van der Waals surface area contributed by atoms with Crippen LogP contribution in [0.1, 0.15) is 10.4 Å². The Labute approximate surface area is 147 Å². The second kappa shape index (κ2) is 6.61. The summed E-state index contributed by atoms with van der Waals surface area (Å²) in [5.41, 5.74) is 0.918. The van der Waals surface area contributed by atoms with E-state index in [0.29, 0.717) is 15.8 Å². The number of nitrogens with zero attached hydrogens (tertiary/aromatic N) is 1. The van der Waals surface area contributed by atoms with Gasteiger partial charge in [0.15, 0.2) is 15.0 Å². The van der Waals surface area contributed by atoms with E-state index in [1.165, 1.54) is 12.1 Å². The van der Waals surface area contributed by atoms with Gasteiger partial charge in [0.25, 0.3) is 5.91 Å². The maximum absolute atomic E-state index is 11.9. The van der Waals surface area contributed by atoms with Crippen LogP contribution < -0.4 is 10.6 Å². The molecule has 7 nitrogen and oxygen atoms in total. The number of thiazole rings is 1. The van der Waals surface area contributed by atoms with Crippen LogP contribution in [0.4, 0.5) is 9.93 Å². The molecule has 0 fully saturated rings. The van der Waals surface area contributed by atoms with Crippen molar-refractivity contribution in [2.45, 2.75) is 4.90 Å². The van der Waals surface area contributed by atoms with Gasteiger partial charge < -0.3 is 0 Å². The number of imide groups is 1. The number of urea groups is 1. The number of sulfone groups is 1. The van der Waals surface area contributed by atoms with E-state index in [-0.39, 0.29) is 10.0 Å². The number of fused-ring (bicyclic) bond motifs is 1. The Morgan fingerprint density at radius 2 is 1.80 bits per heavy atom. The molecule has 0 unspecified atom stereocenters. The zero-order valence-corrected chi connectivity index (χ0v) is 14.6. The average Bonchev–Trinajstić information content (AvgIpc) is 2.95. The van der Waals surface area contributed by atoms with Gasteiger partial charge in [0.2, 0.25) is 0 Å². The normalized spacial score (nSPS) is 11.2. The molecule has 0 aliphatic rings. The third kappa shape index (κ3) is 4.01. The third-order valence-corrected chi connectivity index (χ3v) is 5.32. The molecule has 2 N–H and O–H groups in total. The fourth-order valence-electron chi connectivity index (χ4n) is 2.08. The van der Waals surface area contributed by atoms with E-state index < -0.39 is 21.8 Å². The van der Waals surface area contributed by atoms with Crippen molar-refractivity contribution in [3.8, 4) is 0 Å². The minimum absolute atomic E-state index is 0.180. The van der Waals surface area contributed by atoms with Gasteiger partial charge >= 0.3 is 6.03 Å². The summed E-state index contributed by atoms with van der Waals surface area (Å²) in [5, 5.41) is 4.95. The molecule has 1 aromatic heterocycles. The highest BCUT2D eigenvalue weighted by molar-refractivity contribution is 7.90. The lowest BCUT2D eigenvalue weighted by Crippen LogP contribution is -2.34. The van der Waals surface area contributed by atoms with E-state index in [9.17, 15) is 18.0 Å². The largest absolute Gasteiger partial charge is 0.327 e. The third-order valence-electron chi connectivity index (χ3n) is 3.27. The Balaban J connectivity index is 1.74. The van der Waals surface area contributed by atoms with Gasteiger partial charge in [-0.2, -0.15) is 0 Å². The minimum atomic E-state index is -3.32. The molecule has 0 bridgehead atoms. The molecule has 9 heteroatoms. The van der Waals surface area contributed by atoms with Crippen LogP contribution in [0.2, 0.25) is 0 Å². The summed E-state index contributed by atoms with van der Waals surface area (Å²) in [6.07, 6.45) is 1.12. The van der Waals surface area contributed by atoms with E-state index in [1.807, 2.05) is 0 Å². The van der Waals surface area contributed by atoms with Crippen LogP contribution >= 0.6 is 11.3 Å². The molecule has 128 valence electrons. The molecule has 0 atom stereocenters. The molecule has 25 heavy (non-hydrogen) atoms. The van der Waals surface area contributed by atoms with Crippen LogP contribution in [0.25, 0.3) is 10.2 Å².